The van der Waals surface area contributed by atoms with Crippen LogP contribution >= 0.6 is 39.3 Å². The Morgan fingerprint density at radius 1 is 1.50 bits per heavy atom. The molecule has 2 rings (SSSR count). The summed E-state index contributed by atoms with van der Waals surface area (Å²) in [6.45, 7) is 1.99. The first kappa shape index (κ1) is 12.7. The molecule has 0 bridgehead atoms. The molecule has 1 atom stereocenters. The molecule has 1 aliphatic rings. The summed E-state index contributed by atoms with van der Waals surface area (Å²) < 4.78 is 1.13. The monoisotopic (exact) mass is 319 g/mol. The number of nitrogens with one attached hydrogen (secondary N) is 1. The quantitative estimate of drug-likeness (QED) is 0.897. The summed E-state index contributed by atoms with van der Waals surface area (Å²) in [5.41, 5.74) is 1.23. The molecule has 0 aliphatic carbocycles. The van der Waals surface area contributed by atoms with Crippen LogP contribution in [-0.4, -0.2) is 17.5 Å². The Morgan fingerprint density at radius 3 is 3.12 bits per heavy atom. The smallest absolute Gasteiger partial charge is 0.0410 e. The first-order valence-electron chi connectivity index (χ1n) is 5.52. The van der Waals surface area contributed by atoms with Gasteiger partial charge in [0.05, 0.1) is 0 Å². The maximum absolute atomic E-state index is 5.97. The van der Waals surface area contributed by atoms with Gasteiger partial charge in [-0.25, -0.2) is 0 Å². The molecule has 16 heavy (non-hydrogen) atoms. The Labute approximate surface area is 114 Å². The molecule has 1 aliphatic heterocycles. The fourth-order valence-corrected chi connectivity index (χ4v) is 3.67. The number of rotatable bonds is 4. The summed E-state index contributed by atoms with van der Waals surface area (Å²) in [7, 11) is 0. The molecule has 0 saturated carbocycles. The van der Waals surface area contributed by atoms with E-state index in [0.717, 1.165) is 27.8 Å². The van der Waals surface area contributed by atoms with Gasteiger partial charge in [-0.05, 0) is 42.4 Å². The lowest BCUT2D eigenvalue weighted by molar-refractivity contribution is 0.645. The van der Waals surface area contributed by atoms with Gasteiger partial charge >= 0.3 is 0 Å². The Balaban J connectivity index is 1.82. The van der Waals surface area contributed by atoms with Gasteiger partial charge in [0.1, 0.15) is 0 Å². The fourth-order valence-electron chi connectivity index (χ4n) is 1.85. The van der Waals surface area contributed by atoms with Gasteiger partial charge in [-0.15, -0.1) is 0 Å². The third-order valence-electron chi connectivity index (χ3n) is 2.72. The van der Waals surface area contributed by atoms with E-state index >= 15 is 0 Å². The van der Waals surface area contributed by atoms with E-state index in [1.54, 1.807) is 0 Å². The maximum atomic E-state index is 5.97. The Hall–Kier alpha value is 0.300. The predicted octanol–water partition coefficient (Wildman–Crippen LogP) is 4.09. The summed E-state index contributed by atoms with van der Waals surface area (Å²) in [6.07, 6.45) is 2.73. The summed E-state index contributed by atoms with van der Waals surface area (Å²) in [5.74, 6) is 1.33. The van der Waals surface area contributed by atoms with Crippen molar-refractivity contribution in [2.45, 2.75) is 24.6 Å². The van der Waals surface area contributed by atoms with E-state index in [0.29, 0.717) is 0 Å². The van der Waals surface area contributed by atoms with Gasteiger partial charge in [-0.1, -0.05) is 27.5 Å². The molecule has 1 N–H and O–H groups in total. The minimum Gasteiger partial charge on any atom is -0.312 e. The average molecular weight is 321 g/mol. The minimum absolute atomic E-state index is 0.801. The van der Waals surface area contributed by atoms with Gasteiger partial charge in [-0.2, -0.15) is 11.8 Å². The lowest BCUT2D eigenvalue weighted by Crippen LogP contribution is -2.22. The van der Waals surface area contributed by atoms with Gasteiger partial charge in [-0.3, -0.25) is 0 Å². The molecule has 0 radical (unpaired) electrons. The molecule has 0 aromatic heterocycles. The Bertz CT molecular complexity index is 353. The van der Waals surface area contributed by atoms with Gasteiger partial charge < -0.3 is 5.32 Å². The zero-order valence-corrected chi connectivity index (χ0v) is 12.2. The second-order valence-electron chi connectivity index (χ2n) is 4.00. The number of benzene rings is 1. The molecule has 0 amide bonds. The van der Waals surface area contributed by atoms with Crippen LogP contribution in [0.5, 0.6) is 0 Å². The van der Waals surface area contributed by atoms with Crippen LogP contribution in [0.3, 0.4) is 0 Å². The van der Waals surface area contributed by atoms with Crippen LogP contribution in [-0.2, 0) is 6.54 Å². The van der Waals surface area contributed by atoms with Crippen molar-refractivity contribution < 1.29 is 0 Å². The van der Waals surface area contributed by atoms with Crippen LogP contribution in [0.2, 0.25) is 5.02 Å². The minimum atomic E-state index is 0.801. The van der Waals surface area contributed by atoms with E-state index < -0.39 is 0 Å². The Kier molecular flexibility index (Phi) is 5.01. The van der Waals surface area contributed by atoms with E-state index in [1.165, 1.54) is 24.2 Å². The standard InChI is InChI=1S/C12H15BrClNS/c13-12-4-3-10(14)6-9(12)7-15-8-11-2-1-5-16-11/h3-4,6,11,15H,1-2,5,7-8H2. The van der Waals surface area contributed by atoms with E-state index in [2.05, 4.69) is 33.0 Å². The van der Waals surface area contributed by atoms with Gasteiger partial charge in [0.2, 0.25) is 0 Å². The van der Waals surface area contributed by atoms with Crippen molar-refractivity contribution in [1.82, 2.24) is 5.32 Å². The average Bonchev–Trinajstić information content (AvgIpc) is 2.76. The highest BCUT2D eigenvalue weighted by atomic mass is 79.9. The Morgan fingerprint density at radius 2 is 2.38 bits per heavy atom. The lowest BCUT2D eigenvalue weighted by atomic mass is 10.2. The van der Waals surface area contributed by atoms with Gasteiger partial charge in [0.15, 0.2) is 0 Å². The molecule has 88 valence electrons. The normalized spacial score (nSPS) is 20.2. The van der Waals surface area contributed by atoms with Gasteiger partial charge in [0.25, 0.3) is 0 Å². The third kappa shape index (κ3) is 3.66. The van der Waals surface area contributed by atoms with Crippen molar-refractivity contribution in [1.29, 1.82) is 0 Å². The first-order valence-corrected chi connectivity index (χ1v) is 7.74. The molecule has 1 saturated heterocycles. The molecule has 1 unspecified atom stereocenters. The van der Waals surface area contributed by atoms with Crippen molar-refractivity contribution >= 4 is 39.3 Å². The SMILES string of the molecule is Clc1ccc(Br)c(CNCC2CCCS2)c1. The lowest BCUT2D eigenvalue weighted by Gasteiger charge is -2.11. The van der Waals surface area contributed by atoms with E-state index in [4.69, 9.17) is 11.6 Å². The first-order chi connectivity index (χ1) is 7.75. The number of halogens is 2. The highest BCUT2D eigenvalue weighted by Crippen LogP contribution is 2.25. The van der Waals surface area contributed by atoms with Crippen molar-refractivity contribution in [2.75, 3.05) is 12.3 Å². The number of thioether (sulfide) groups is 1. The largest absolute Gasteiger partial charge is 0.312 e. The zero-order valence-electron chi connectivity index (χ0n) is 9.01. The van der Waals surface area contributed by atoms with Crippen LogP contribution in [0.4, 0.5) is 0 Å². The molecule has 4 heteroatoms. The van der Waals surface area contributed by atoms with Crippen LogP contribution in [0.25, 0.3) is 0 Å². The third-order valence-corrected chi connectivity index (χ3v) is 5.13. The molecule has 1 fully saturated rings. The second-order valence-corrected chi connectivity index (χ2v) is 6.70. The maximum Gasteiger partial charge on any atom is 0.0410 e. The summed E-state index contributed by atoms with van der Waals surface area (Å²) in [5, 5.41) is 5.11. The molecule has 1 nitrogen and oxygen atoms in total. The number of hydrogen-bond acceptors (Lipinski definition) is 2. The fraction of sp³-hybridized carbons (Fsp3) is 0.500. The van der Waals surface area contributed by atoms with Crippen LogP contribution in [0.1, 0.15) is 18.4 Å². The van der Waals surface area contributed by atoms with E-state index in [9.17, 15) is 0 Å². The van der Waals surface area contributed by atoms with E-state index in [1.807, 2.05) is 18.2 Å². The highest BCUT2D eigenvalue weighted by Gasteiger charge is 2.14. The summed E-state index contributed by atoms with van der Waals surface area (Å²) in [6, 6.07) is 5.92. The summed E-state index contributed by atoms with van der Waals surface area (Å²) >= 11 is 11.6. The van der Waals surface area contributed by atoms with Crippen molar-refractivity contribution in [2.24, 2.45) is 0 Å². The molecule has 1 aromatic carbocycles. The second kappa shape index (κ2) is 6.29. The predicted molar refractivity (Wildman–Crippen MR) is 76.3 cm³/mol. The zero-order chi connectivity index (χ0) is 11.4. The topological polar surface area (TPSA) is 12.0 Å². The highest BCUT2D eigenvalue weighted by molar-refractivity contribution is 9.10. The van der Waals surface area contributed by atoms with E-state index in [-0.39, 0.29) is 0 Å². The van der Waals surface area contributed by atoms with Crippen molar-refractivity contribution in [3.8, 4) is 0 Å². The molecule has 1 heterocycles. The van der Waals surface area contributed by atoms with Gasteiger partial charge in [0, 0.05) is 27.8 Å². The molecular weight excluding hydrogens is 306 g/mol. The van der Waals surface area contributed by atoms with Crippen LogP contribution in [0.15, 0.2) is 22.7 Å². The molecular formula is C12H15BrClNS. The molecule has 0 spiro atoms. The van der Waals surface area contributed by atoms with Crippen molar-refractivity contribution in [3.63, 3.8) is 0 Å². The molecule has 1 aromatic rings. The van der Waals surface area contributed by atoms with Crippen molar-refractivity contribution in [3.05, 3.63) is 33.3 Å². The summed E-state index contributed by atoms with van der Waals surface area (Å²) in [4.78, 5) is 0. The number of hydrogen-bond donors (Lipinski definition) is 1. The van der Waals surface area contributed by atoms with Crippen LogP contribution in [0, 0.1) is 0 Å². The van der Waals surface area contributed by atoms with Crippen LogP contribution < -0.4 is 5.32 Å².